The van der Waals surface area contributed by atoms with Crippen LogP contribution in [0.2, 0.25) is 0 Å². The molecule has 0 radical (unpaired) electrons. The number of aromatic nitrogens is 3. The molecule has 0 aliphatic carbocycles. The third kappa shape index (κ3) is 8.92. The molecule has 1 aliphatic rings. The van der Waals surface area contributed by atoms with E-state index < -0.39 is 23.9 Å². The van der Waals surface area contributed by atoms with Gasteiger partial charge in [0.1, 0.15) is 12.6 Å². The first kappa shape index (κ1) is 28.2. The first-order valence-corrected chi connectivity index (χ1v) is 12.7. The maximum absolute atomic E-state index is 12.4. The Hall–Kier alpha value is -3.03. The van der Waals surface area contributed by atoms with Gasteiger partial charge in [0.2, 0.25) is 29.5 Å². The Kier molecular flexibility index (Phi) is 11.6. The summed E-state index contributed by atoms with van der Waals surface area (Å²) in [5.41, 5.74) is 0.477. The molecule has 1 unspecified atom stereocenters. The molecule has 12 nitrogen and oxygen atoms in total. The predicted molar refractivity (Wildman–Crippen MR) is 126 cm³/mol. The third-order valence-electron chi connectivity index (χ3n) is 5.43. The summed E-state index contributed by atoms with van der Waals surface area (Å²) >= 11 is 1.31. The molecule has 1 aliphatic heterocycles. The van der Waals surface area contributed by atoms with E-state index in [-0.39, 0.29) is 56.0 Å². The number of imide groups is 1. The van der Waals surface area contributed by atoms with Gasteiger partial charge in [-0.05, 0) is 25.5 Å². The maximum atomic E-state index is 12.4. The normalized spacial score (nSPS) is 16.3. The Bertz CT molecular complexity index is 912. The van der Waals surface area contributed by atoms with Crippen molar-refractivity contribution in [3.8, 4) is 0 Å². The number of likely N-dealkylation sites (N-methyl/N-ethyl adjacent to an activating group) is 1. The summed E-state index contributed by atoms with van der Waals surface area (Å²) in [6, 6.07) is -0.767. The van der Waals surface area contributed by atoms with Crippen LogP contribution in [-0.2, 0) is 36.9 Å². The fraction of sp³-hybridized carbons (Fsp3) is 0.667. The van der Waals surface area contributed by atoms with Crippen LogP contribution in [0.1, 0.15) is 37.8 Å². The fourth-order valence-electron chi connectivity index (χ4n) is 3.53. The molecule has 0 bridgehead atoms. The van der Waals surface area contributed by atoms with Crippen LogP contribution in [0.5, 0.6) is 0 Å². The van der Waals surface area contributed by atoms with Crippen molar-refractivity contribution >= 4 is 41.3 Å². The van der Waals surface area contributed by atoms with Crippen LogP contribution >= 0.6 is 11.8 Å². The number of amides is 5. The van der Waals surface area contributed by atoms with Gasteiger partial charge in [-0.2, -0.15) is 11.8 Å². The van der Waals surface area contributed by atoms with Crippen LogP contribution in [-0.4, -0.2) is 93.8 Å². The molecule has 0 spiro atoms. The van der Waals surface area contributed by atoms with E-state index in [0.717, 1.165) is 4.90 Å². The number of alkyl halides is 1. The zero-order valence-electron chi connectivity index (χ0n) is 19.9. The van der Waals surface area contributed by atoms with Crippen molar-refractivity contribution < 1.29 is 28.4 Å². The number of nitrogens with zero attached hydrogens (tertiary/aromatic N) is 4. The molecule has 2 atom stereocenters. The van der Waals surface area contributed by atoms with Gasteiger partial charge >= 0.3 is 0 Å². The van der Waals surface area contributed by atoms with Crippen LogP contribution in [0.3, 0.4) is 0 Å². The summed E-state index contributed by atoms with van der Waals surface area (Å²) in [5.74, 6) is -1.64. The van der Waals surface area contributed by atoms with Gasteiger partial charge in [0.25, 0.3) is 0 Å². The number of hydrogen-bond donors (Lipinski definition) is 3. The van der Waals surface area contributed by atoms with Crippen molar-refractivity contribution in [3.05, 3.63) is 11.9 Å². The van der Waals surface area contributed by atoms with Crippen LogP contribution in [0.25, 0.3) is 0 Å². The molecule has 5 amide bonds. The monoisotopic (exact) mass is 512 g/mol. The molecule has 1 fully saturated rings. The van der Waals surface area contributed by atoms with Crippen molar-refractivity contribution in [1.29, 1.82) is 0 Å². The standard InChI is InChI=1S/C21H32FN7O5S/c1-23-20(33)15(25-17(30)7-10-29-19(32)11-16(35-2)21(29)34)5-3-4-9-24-18(31)13-28-12-14(6-8-22)26-27-28/h12,15-16H,3-11,13H2,1-2H3,(H,23,33)(H,24,31)(H,25,30)/t15-,16?/m0/s1/i22-1. The largest absolute Gasteiger partial charge is 0.357 e. The highest BCUT2D eigenvalue weighted by atomic mass is 32.2. The van der Waals surface area contributed by atoms with Gasteiger partial charge in [0.15, 0.2) is 0 Å². The average molecular weight is 513 g/mol. The smallest absolute Gasteiger partial charge is 0.242 e. The summed E-state index contributed by atoms with van der Waals surface area (Å²) in [6.07, 6.45) is 4.97. The highest BCUT2D eigenvalue weighted by molar-refractivity contribution is 8.00. The van der Waals surface area contributed by atoms with Crippen LogP contribution in [0.4, 0.5) is 4.39 Å². The SMILES string of the molecule is CNC(=O)[C@H](CCCCNC(=O)Cn1cc(CC[18F])nn1)NC(=O)CCN1C(=O)CC(SC)C1=O. The van der Waals surface area contributed by atoms with Gasteiger partial charge in [0.05, 0.1) is 17.6 Å². The van der Waals surface area contributed by atoms with E-state index in [0.29, 0.717) is 31.5 Å². The Morgan fingerprint density at radius 3 is 2.69 bits per heavy atom. The first-order valence-electron chi connectivity index (χ1n) is 11.4. The van der Waals surface area contributed by atoms with Gasteiger partial charge in [-0.15, -0.1) is 5.10 Å². The molecule has 3 N–H and O–H groups in total. The number of hydrogen-bond acceptors (Lipinski definition) is 8. The zero-order chi connectivity index (χ0) is 25.8. The number of rotatable bonds is 15. The van der Waals surface area contributed by atoms with E-state index in [4.69, 9.17) is 0 Å². The predicted octanol–water partition coefficient (Wildman–Crippen LogP) is -0.812. The van der Waals surface area contributed by atoms with E-state index in [1.54, 1.807) is 6.26 Å². The number of aryl methyl sites for hydroxylation is 1. The lowest BCUT2D eigenvalue weighted by atomic mass is 10.1. The zero-order valence-corrected chi connectivity index (χ0v) is 20.7. The topological polar surface area (TPSA) is 155 Å². The first-order chi connectivity index (χ1) is 16.8. The number of unbranched alkanes of at least 4 members (excludes halogenated alkanes) is 1. The number of carbonyl (C=O) groups is 5. The Balaban J connectivity index is 1.69. The third-order valence-corrected chi connectivity index (χ3v) is 6.37. The number of carbonyl (C=O) groups excluding carboxylic acids is 5. The summed E-state index contributed by atoms with van der Waals surface area (Å²) in [5, 5.41) is 15.0. The van der Waals surface area contributed by atoms with Gasteiger partial charge in [-0.3, -0.25) is 33.3 Å². The Morgan fingerprint density at radius 2 is 2.03 bits per heavy atom. The van der Waals surface area contributed by atoms with Crippen LogP contribution in [0.15, 0.2) is 6.20 Å². The Morgan fingerprint density at radius 1 is 1.26 bits per heavy atom. The molecule has 14 heteroatoms. The quantitative estimate of drug-likeness (QED) is 0.204. The molecule has 0 saturated carbocycles. The van der Waals surface area contributed by atoms with Gasteiger partial charge in [0, 0.05) is 45.6 Å². The summed E-state index contributed by atoms with van der Waals surface area (Å²) in [7, 11) is 1.47. The molecular weight excluding hydrogens is 480 g/mol. The molecule has 1 aromatic heterocycles. The summed E-state index contributed by atoms with van der Waals surface area (Å²) in [4.78, 5) is 61.7. The molecule has 1 aromatic rings. The minimum absolute atomic E-state index is 0.0197. The van der Waals surface area contributed by atoms with E-state index in [2.05, 4.69) is 26.3 Å². The molecule has 2 rings (SSSR count). The number of nitrogens with one attached hydrogen (secondary N) is 3. The second-order valence-electron chi connectivity index (χ2n) is 7.99. The number of halogens is 1. The minimum atomic E-state index is -0.767. The second-order valence-corrected chi connectivity index (χ2v) is 9.03. The summed E-state index contributed by atoms with van der Waals surface area (Å²) < 4.78 is 13.6. The average Bonchev–Trinajstić information content (AvgIpc) is 3.38. The number of likely N-dealkylation sites (tertiary alicyclic amines) is 1. The Labute approximate surface area is 207 Å². The van der Waals surface area contributed by atoms with Crippen molar-refractivity contribution in [2.24, 2.45) is 0 Å². The lowest BCUT2D eigenvalue weighted by Crippen LogP contribution is -2.46. The van der Waals surface area contributed by atoms with Crippen molar-refractivity contribution in [3.63, 3.8) is 0 Å². The number of thioether (sulfide) groups is 1. The molecule has 1 saturated heterocycles. The summed E-state index contributed by atoms with van der Waals surface area (Å²) in [6.45, 7) is -0.224. The molecular formula is C21H32FN7O5S. The second kappa shape index (κ2) is 14.4. The van der Waals surface area contributed by atoms with Gasteiger partial charge in [-0.1, -0.05) is 5.21 Å². The molecule has 194 valence electrons. The molecule has 2 heterocycles. The maximum Gasteiger partial charge on any atom is 0.242 e. The molecule has 35 heavy (non-hydrogen) atoms. The van der Waals surface area contributed by atoms with Gasteiger partial charge in [-0.25, -0.2) is 4.68 Å². The fourth-order valence-corrected chi connectivity index (χ4v) is 4.16. The minimum Gasteiger partial charge on any atom is -0.357 e. The highest BCUT2D eigenvalue weighted by Crippen LogP contribution is 2.23. The van der Waals surface area contributed by atoms with E-state index >= 15 is 0 Å². The van der Waals surface area contributed by atoms with Crippen LogP contribution in [0, 0.1) is 0 Å². The van der Waals surface area contributed by atoms with Crippen LogP contribution < -0.4 is 16.0 Å². The lowest BCUT2D eigenvalue weighted by Gasteiger charge is -2.19. The highest BCUT2D eigenvalue weighted by Gasteiger charge is 2.37. The van der Waals surface area contributed by atoms with E-state index in [1.807, 2.05) is 0 Å². The van der Waals surface area contributed by atoms with Crippen molar-refractivity contribution in [2.75, 3.05) is 33.1 Å². The van der Waals surface area contributed by atoms with E-state index in [9.17, 15) is 28.4 Å². The van der Waals surface area contributed by atoms with Crippen molar-refractivity contribution in [2.45, 2.75) is 56.4 Å². The van der Waals surface area contributed by atoms with Crippen molar-refractivity contribution in [1.82, 2.24) is 35.8 Å². The lowest BCUT2D eigenvalue weighted by molar-refractivity contribution is -0.139. The van der Waals surface area contributed by atoms with Gasteiger partial charge < -0.3 is 16.0 Å². The molecule has 0 aromatic carbocycles. The van der Waals surface area contributed by atoms with E-state index in [1.165, 1.54) is 29.7 Å².